The summed E-state index contributed by atoms with van der Waals surface area (Å²) in [6, 6.07) is 29.1. The van der Waals surface area contributed by atoms with Gasteiger partial charge < -0.3 is 4.90 Å². The SMILES string of the molecule is O=C(c1ccccc1)[C@H]1[C@@H]2C(=O)N(c3ccccc3)C(=O)[C@@H]2[C@H]2C=Cc3c(ccc4ccccc34)N21. The van der Waals surface area contributed by atoms with Gasteiger partial charge in [0.05, 0.1) is 23.6 Å². The van der Waals surface area contributed by atoms with Crippen LogP contribution in [0, 0.1) is 11.8 Å². The van der Waals surface area contributed by atoms with E-state index < -0.39 is 17.9 Å². The topological polar surface area (TPSA) is 57.7 Å². The van der Waals surface area contributed by atoms with Gasteiger partial charge in [0, 0.05) is 16.8 Å². The van der Waals surface area contributed by atoms with E-state index in [2.05, 4.69) is 12.1 Å². The van der Waals surface area contributed by atoms with Crippen LogP contribution in [-0.4, -0.2) is 29.7 Å². The lowest BCUT2D eigenvalue weighted by Crippen LogP contribution is -2.48. The number of carbonyl (C=O) groups excluding carboxylic acids is 3. The summed E-state index contributed by atoms with van der Waals surface area (Å²) in [6.07, 6.45) is 4.05. The Balaban J connectivity index is 1.42. The van der Waals surface area contributed by atoms with Gasteiger partial charge in [-0.15, -0.1) is 0 Å². The Morgan fingerprint density at radius 3 is 2.14 bits per heavy atom. The Morgan fingerprint density at radius 2 is 1.36 bits per heavy atom. The van der Waals surface area contributed by atoms with Crippen LogP contribution in [0.3, 0.4) is 0 Å². The number of benzene rings is 4. The molecule has 2 fully saturated rings. The van der Waals surface area contributed by atoms with Crippen molar-refractivity contribution in [3.63, 3.8) is 0 Å². The zero-order valence-corrected chi connectivity index (χ0v) is 19.3. The number of hydrogen-bond donors (Lipinski definition) is 0. The first kappa shape index (κ1) is 20.8. The normalized spacial score (nSPS) is 24.1. The molecule has 0 aromatic heterocycles. The van der Waals surface area contributed by atoms with Crippen molar-refractivity contribution in [2.75, 3.05) is 9.80 Å². The predicted molar refractivity (Wildman–Crippen MR) is 140 cm³/mol. The molecule has 5 heteroatoms. The van der Waals surface area contributed by atoms with Crippen molar-refractivity contribution in [2.45, 2.75) is 12.1 Å². The van der Waals surface area contributed by atoms with Gasteiger partial charge in [-0.05, 0) is 29.0 Å². The molecule has 0 aliphatic carbocycles. The van der Waals surface area contributed by atoms with Crippen LogP contribution >= 0.6 is 0 Å². The van der Waals surface area contributed by atoms with Crippen LogP contribution in [0.2, 0.25) is 0 Å². The van der Waals surface area contributed by atoms with E-state index in [9.17, 15) is 14.4 Å². The summed E-state index contributed by atoms with van der Waals surface area (Å²) in [4.78, 5) is 45.1. The molecular formula is C31H22N2O3. The van der Waals surface area contributed by atoms with Gasteiger partial charge in [-0.1, -0.05) is 91.0 Å². The van der Waals surface area contributed by atoms with E-state index >= 15 is 0 Å². The molecule has 0 saturated carbocycles. The van der Waals surface area contributed by atoms with Crippen LogP contribution in [0.25, 0.3) is 16.8 Å². The molecule has 5 nitrogen and oxygen atoms in total. The molecular weight excluding hydrogens is 448 g/mol. The zero-order valence-electron chi connectivity index (χ0n) is 19.3. The molecule has 7 rings (SSSR count). The van der Waals surface area contributed by atoms with E-state index in [0.29, 0.717) is 11.3 Å². The smallest absolute Gasteiger partial charge is 0.240 e. The third kappa shape index (κ3) is 2.80. The molecule has 36 heavy (non-hydrogen) atoms. The lowest BCUT2D eigenvalue weighted by atomic mass is 9.86. The van der Waals surface area contributed by atoms with E-state index in [1.165, 1.54) is 4.90 Å². The second kappa shape index (κ2) is 7.75. The highest BCUT2D eigenvalue weighted by Crippen LogP contribution is 2.50. The third-order valence-corrected chi connectivity index (χ3v) is 7.75. The van der Waals surface area contributed by atoms with Crippen molar-refractivity contribution in [2.24, 2.45) is 11.8 Å². The molecule has 0 spiro atoms. The van der Waals surface area contributed by atoms with Gasteiger partial charge in [0.1, 0.15) is 6.04 Å². The number of ketones is 1. The van der Waals surface area contributed by atoms with Crippen molar-refractivity contribution < 1.29 is 14.4 Å². The number of fused-ring (bicyclic) bond motifs is 7. The van der Waals surface area contributed by atoms with Gasteiger partial charge in [-0.3, -0.25) is 14.4 Å². The Labute approximate surface area is 208 Å². The predicted octanol–water partition coefficient (Wildman–Crippen LogP) is 5.11. The van der Waals surface area contributed by atoms with Gasteiger partial charge in [0.2, 0.25) is 11.8 Å². The van der Waals surface area contributed by atoms with E-state index in [1.807, 2.05) is 77.7 Å². The first-order valence-corrected chi connectivity index (χ1v) is 12.2. The molecule has 0 unspecified atom stereocenters. The van der Waals surface area contributed by atoms with E-state index in [0.717, 1.165) is 22.0 Å². The summed E-state index contributed by atoms with van der Waals surface area (Å²) in [5.41, 5.74) is 2.98. The lowest BCUT2D eigenvalue weighted by Gasteiger charge is -2.37. The van der Waals surface area contributed by atoms with Crippen molar-refractivity contribution >= 4 is 45.8 Å². The molecule has 4 aromatic carbocycles. The highest BCUT2D eigenvalue weighted by Gasteiger charge is 2.64. The van der Waals surface area contributed by atoms with E-state index in [4.69, 9.17) is 0 Å². The van der Waals surface area contributed by atoms with Crippen molar-refractivity contribution in [1.29, 1.82) is 0 Å². The third-order valence-electron chi connectivity index (χ3n) is 7.75. The van der Waals surface area contributed by atoms with Gasteiger partial charge in [0.15, 0.2) is 5.78 Å². The molecule has 0 N–H and O–H groups in total. The average molecular weight is 471 g/mol. The summed E-state index contributed by atoms with van der Waals surface area (Å²) in [5, 5.41) is 2.18. The van der Waals surface area contributed by atoms with Crippen molar-refractivity contribution in [3.05, 3.63) is 114 Å². The van der Waals surface area contributed by atoms with Crippen LogP contribution in [0.5, 0.6) is 0 Å². The van der Waals surface area contributed by atoms with Crippen LogP contribution in [0.4, 0.5) is 11.4 Å². The Kier molecular flexibility index (Phi) is 4.48. The van der Waals surface area contributed by atoms with Crippen LogP contribution < -0.4 is 9.80 Å². The zero-order chi connectivity index (χ0) is 24.4. The monoisotopic (exact) mass is 470 g/mol. The summed E-state index contributed by atoms with van der Waals surface area (Å²) in [7, 11) is 0. The average Bonchev–Trinajstić information content (AvgIpc) is 3.41. The number of imide groups is 1. The number of anilines is 2. The molecule has 3 heterocycles. The maximum absolute atomic E-state index is 14.1. The molecule has 4 aromatic rings. The minimum absolute atomic E-state index is 0.140. The quantitative estimate of drug-likeness (QED) is 0.308. The second-order valence-electron chi connectivity index (χ2n) is 9.55. The molecule has 3 aliphatic rings. The summed E-state index contributed by atoms with van der Waals surface area (Å²) < 4.78 is 0. The Morgan fingerprint density at radius 1 is 0.694 bits per heavy atom. The van der Waals surface area contributed by atoms with Crippen LogP contribution in [-0.2, 0) is 9.59 Å². The lowest BCUT2D eigenvalue weighted by molar-refractivity contribution is -0.122. The molecule has 2 amide bonds. The van der Waals surface area contributed by atoms with Gasteiger partial charge >= 0.3 is 0 Å². The fraction of sp³-hybridized carbons (Fsp3) is 0.129. The number of nitrogens with zero attached hydrogens (tertiary/aromatic N) is 2. The Hall–Kier alpha value is -4.51. The first-order chi connectivity index (χ1) is 17.6. The minimum Gasteiger partial charge on any atom is -0.352 e. The Bertz CT molecular complexity index is 1580. The fourth-order valence-corrected chi connectivity index (χ4v) is 6.23. The first-order valence-electron chi connectivity index (χ1n) is 12.2. The van der Waals surface area contributed by atoms with Gasteiger partial charge in [-0.2, -0.15) is 0 Å². The summed E-state index contributed by atoms with van der Waals surface area (Å²) in [6.45, 7) is 0. The molecule has 0 radical (unpaired) electrons. The highest BCUT2D eigenvalue weighted by atomic mass is 16.2. The van der Waals surface area contributed by atoms with Crippen molar-refractivity contribution in [1.82, 2.24) is 0 Å². The molecule has 3 aliphatic heterocycles. The number of hydrogen-bond acceptors (Lipinski definition) is 4. The number of Topliss-reactive ketones (excluding diaryl/α,β-unsaturated/α-hetero) is 1. The number of carbonyl (C=O) groups is 3. The van der Waals surface area contributed by atoms with E-state index in [1.54, 1.807) is 24.3 Å². The fourth-order valence-electron chi connectivity index (χ4n) is 6.23. The standard InChI is InChI=1S/C31H22N2O3/c34-29(20-10-3-1-4-11-20)28-27-26(30(35)32(31(27)36)21-12-5-2-6-13-21)25-18-16-23-22-14-8-7-9-19(22)15-17-24(23)33(25)28/h1-18,25-28H/t25-,26-,27-,28-/m1/s1. The summed E-state index contributed by atoms with van der Waals surface area (Å²) in [5.74, 6) is -2.10. The van der Waals surface area contributed by atoms with E-state index in [-0.39, 0.29) is 23.6 Å². The van der Waals surface area contributed by atoms with Gasteiger partial charge in [0.25, 0.3) is 0 Å². The number of rotatable bonds is 3. The molecule has 2 saturated heterocycles. The van der Waals surface area contributed by atoms with Crippen molar-refractivity contribution in [3.8, 4) is 0 Å². The van der Waals surface area contributed by atoms with Gasteiger partial charge in [-0.25, -0.2) is 4.90 Å². The number of para-hydroxylation sites is 1. The largest absolute Gasteiger partial charge is 0.352 e. The number of amides is 2. The molecule has 0 bridgehead atoms. The van der Waals surface area contributed by atoms with Crippen LogP contribution in [0.1, 0.15) is 15.9 Å². The molecule has 4 atom stereocenters. The maximum Gasteiger partial charge on any atom is 0.240 e. The second-order valence-corrected chi connectivity index (χ2v) is 9.55. The maximum atomic E-state index is 14.1. The molecule has 174 valence electrons. The highest BCUT2D eigenvalue weighted by molar-refractivity contribution is 6.25. The minimum atomic E-state index is -0.780. The summed E-state index contributed by atoms with van der Waals surface area (Å²) >= 11 is 0. The van der Waals surface area contributed by atoms with Crippen LogP contribution in [0.15, 0.2) is 103 Å².